The highest BCUT2D eigenvalue weighted by atomic mass is 32.2. The lowest BCUT2D eigenvalue weighted by atomic mass is 10.0. The number of nitrogens with zero attached hydrogens (tertiary/aromatic N) is 4. The molecule has 0 spiro atoms. The van der Waals surface area contributed by atoms with Crippen LogP contribution < -0.4 is 10.6 Å². The molecule has 3 heterocycles. The number of rotatable bonds is 7. The number of ether oxygens (including phenoxy) is 1. The van der Waals surface area contributed by atoms with Gasteiger partial charge in [-0.3, -0.25) is 5.10 Å². The summed E-state index contributed by atoms with van der Waals surface area (Å²) in [6, 6.07) is 3.67. The third-order valence-corrected chi connectivity index (χ3v) is 7.34. The minimum absolute atomic E-state index is 0.0375. The second-order valence-corrected chi connectivity index (χ2v) is 11.2. The monoisotopic (exact) mass is 475 g/mol. The van der Waals surface area contributed by atoms with Crippen LogP contribution in [0.2, 0.25) is 0 Å². The molecule has 1 fully saturated rings. The highest BCUT2D eigenvalue weighted by molar-refractivity contribution is 7.90. The van der Waals surface area contributed by atoms with Gasteiger partial charge in [0, 0.05) is 42.4 Å². The summed E-state index contributed by atoms with van der Waals surface area (Å²) in [5.74, 6) is 1.32. The summed E-state index contributed by atoms with van der Waals surface area (Å²) < 4.78 is 30.9. The number of amides is 1. The van der Waals surface area contributed by atoms with Crippen LogP contribution in [0.15, 0.2) is 24.5 Å². The van der Waals surface area contributed by atoms with Gasteiger partial charge in [-0.2, -0.15) is 10.2 Å². The third-order valence-electron chi connectivity index (χ3n) is 5.82. The Morgan fingerprint density at radius 1 is 1.27 bits per heavy atom. The summed E-state index contributed by atoms with van der Waals surface area (Å²) in [4.78, 5) is 16.2. The van der Waals surface area contributed by atoms with Crippen LogP contribution in [0.4, 0.5) is 16.4 Å². The fourth-order valence-electron chi connectivity index (χ4n) is 3.94. The van der Waals surface area contributed by atoms with E-state index in [9.17, 15) is 13.2 Å². The van der Waals surface area contributed by atoms with Crippen molar-refractivity contribution in [2.75, 3.05) is 11.6 Å². The molecule has 3 aromatic heterocycles. The Bertz CT molecular complexity index is 1250. The lowest BCUT2D eigenvalue weighted by Gasteiger charge is -2.14. The van der Waals surface area contributed by atoms with Gasteiger partial charge in [0.05, 0.1) is 5.69 Å². The number of nitrogens with one attached hydrogen (secondary N) is 3. The number of aromatic nitrogens is 5. The number of alkyl carbamates (subject to hydrolysis) is 1. The van der Waals surface area contributed by atoms with Crippen molar-refractivity contribution in [1.29, 1.82) is 0 Å². The van der Waals surface area contributed by atoms with Gasteiger partial charge in [0.15, 0.2) is 21.5 Å². The van der Waals surface area contributed by atoms with E-state index in [0.717, 1.165) is 25.0 Å². The predicted octanol–water partition coefficient (Wildman–Crippen LogP) is 3.07. The molecule has 3 atom stereocenters. The minimum Gasteiger partial charge on any atom is -0.446 e. The van der Waals surface area contributed by atoms with Crippen molar-refractivity contribution in [1.82, 2.24) is 30.1 Å². The maximum Gasteiger partial charge on any atom is 0.407 e. The summed E-state index contributed by atoms with van der Waals surface area (Å²) in [5.41, 5.74) is 2.06. The molecule has 12 heteroatoms. The topological polar surface area (TPSA) is 143 Å². The first-order valence-corrected chi connectivity index (χ1v) is 12.9. The van der Waals surface area contributed by atoms with Crippen LogP contribution in [-0.2, 0) is 14.6 Å². The number of hydrogen-bond donors (Lipinski definition) is 3. The van der Waals surface area contributed by atoms with Crippen molar-refractivity contribution in [3.05, 3.63) is 35.9 Å². The number of carbonyl (C=O) groups is 1. The molecule has 11 nitrogen and oxygen atoms in total. The van der Waals surface area contributed by atoms with Crippen LogP contribution in [0.5, 0.6) is 0 Å². The van der Waals surface area contributed by atoms with Crippen molar-refractivity contribution in [3.8, 4) is 0 Å². The first-order valence-electron chi connectivity index (χ1n) is 10.9. The van der Waals surface area contributed by atoms with Crippen LogP contribution in [-0.4, -0.2) is 57.7 Å². The van der Waals surface area contributed by atoms with Crippen LogP contribution >= 0.6 is 0 Å². The summed E-state index contributed by atoms with van der Waals surface area (Å²) in [5, 5.41) is 17.0. The summed E-state index contributed by atoms with van der Waals surface area (Å²) in [7, 11) is -3.27. The highest BCUT2D eigenvalue weighted by Gasteiger charge is 2.30. The van der Waals surface area contributed by atoms with Crippen molar-refractivity contribution >= 4 is 33.1 Å². The Morgan fingerprint density at radius 3 is 2.79 bits per heavy atom. The fourth-order valence-corrected chi connectivity index (χ4v) is 4.49. The quantitative estimate of drug-likeness (QED) is 0.473. The van der Waals surface area contributed by atoms with Gasteiger partial charge in [-0.1, -0.05) is 0 Å². The van der Waals surface area contributed by atoms with E-state index < -0.39 is 15.1 Å². The molecular formula is C21H29N7O4S. The predicted molar refractivity (Wildman–Crippen MR) is 123 cm³/mol. The molecule has 1 amide bonds. The van der Waals surface area contributed by atoms with E-state index in [4.69, 9.17) is 4.74 Å². The molecular weight excluding hydrogens is 446 g/mol. The number of hydrogen-bond acceptors (Lipinski definition) is 8. The van der Waals surface area contributed by atoms with E-state index in [1.807, 2.05) is 19.9 Å². The molecule has 1 saturated carbocycles. The van der Waals surface area contributed by atoms with E-state index in [1.54, 1.807) is 29.9 Å². The minimum atomic E-state index is -3.27. The Kier molecular flexibility index (Phi) is 6.28. The summed E-state index contributed by atoms with van der Waals surface area (Å²) >= 11 is 0. The van der Waals surface area contributed by atoms with Gasteiger partial charge < -0.3 is 15.4 Å². The average Bonchev–Trinajstić information content (AvgIpc) is 3.45. The van der Waals surface area contributed by atoms with Crippen LogP contribution in [0, 0.1) is 0 Å². The van der Waals surface area contributed by atoms with E-state index in [0.29, 0.717) is 22.8 Å². The van der Waals surface area contributed by atoms with E-state index >= 15 is 0 Å². The van der Waals surface area contributed by atoms with Crippen LogP contribution in [0.25, 0.3) is 5.52 Å². The molecule has 3 aromatic rings. The van der Waals surface area contributed by atoms with Crippen molar-refractivity contribution in [3.63, 3.8) is 0 Å². The van der Waals surface area contributed by atoms with Gasteiger partial charge in [-0.05, 0) is 46.1 Å². The molecule has 0 radical (unpaired) electrons. The zero-order valence-corrected chi connectivity index (χ0v) is 19.9. The third kappa shape index (κ3) is 5.27. The Hall–Kier alpha value is -3.15. The van der Waals surface area contributed by atoms with Gasteiger partial charge in [-0.25, -0.2) is 22.7 Å². The maximum atomic E-state index is 11.9. The van der Waals surface area contributed by atoms with E-state index in [2.05, 4.69) is 30.9 Å². The molecule has 3 unspecified atom stereocenters. The van der Waals surface area contributed by atoms with Crippen LogP contribution in [0.1, 0.15) is 62.6 Å². The van der Waals surface area contributed by atoms with Gasteiger partial charge in [0.2, 0.25) is 0 Å². The SMILES string of the molecule is CC(C)NC(=O)OC1CCC(c2cc(Nc3nccn4nc(C(C)S(C)(=O)=O)cc34)n[nH]2)C1. The van der Waals surface area contributed by atoms with Gasteiger partial charge >= 0.3 is 6.09 Å². The number of H-pyrrole nitrogens is 1. The lowest BCUT2D eigenvalue weighted by molar-refractivity contribution is 0.0981. The van der Waals surface area contributed by atoms with Crippen molar-refractivity contribution in [2.45, 2.75) is 63.3 Å². The van der Waals surface area contributed by atoms with Crippen molar-refractivity contribution in [2.24, 2.45) is 0 Å². The zero-order chi connectivity index (χ0) is 23.8. The second kappa shape index (κ2) is 9.00. The molecule has 3 N–H and O–H groups in total. The highest BCUT2D eigenvalue weighted by Crippen LogP contribution is 2.36. The van der Waals surface area contributed by atoms with E-state index in [-0.39, 0.29) is 24.2 Å². The molecule has 33 heavy (non-hydrogen) atoms. The largest absolute Gasteiger partial charge is 0.446 e. The molecule has 0 aromatic carbocycles. The number of fused-ring (bicyclic) bond motifs is 1. The summed E-state index contributed by atoms with van der Waals surface area (Å²) in [6.45, 7) is 5.40. The molecule has 0 aliphatic heterocycles. The Balaban J connectivity index is 1.45. The van der Waals surface area contributed by atoms with Crippen molar-refractivity contribution < 1.29 is 17.9 Å². The normalized spacial score (nSPS) is 19.7. The standard InChI is InChI=1S/C21H29N7O4S/c1-12(2)23-21(29)32-15-6-5-14(9-15)17-11-19(26-25-17)24-20-18-10-16(13(3)33(4,30)31)27-28(18)8-7-22-20/h7-8,10-15H,5-6,9H2,1-4H3,(H,23,29)(H2,22,24,25,26). The first-order chi connectivity index (χ1) is 15.6. The second-order valence-electron chi connectivity index (χ2n) is 8.82. The Labute approximate surface area is 192 Å². The number of sulfone groups is 1. The maximum absolute atomic E-state index is 11.9. The average molecular weight is 476 g/mol. The molecule has 0 saturated heterocycles. The molecule has 178 valence electrons. The smallest absolute Gasteiger partial charge is 0.407 e. The number of aromatic amines is 1. The number of carbonyl (C=O) groups excluding carboxylic acids is 1. The van der Waals surface area contributed by atoms with E-state index in [1.165, 1.54) is 6.26 Å². The number of anilines is 2. The molecule has 4 rings (SSSR count). The van der Waals surface area contributed by atoms with Crippen LogP contribution in [0.3, 0.4) is 0 Å². The molecule has 0 bridgehead atoms. The van der Waals surface area contributed by atoms with Gasteiger partial charge in [0.25, 0.3) is 0 Å². The molecule has 1 aliphatic rings. The summed E-state index contributed by atoms with van der Waals surface area (Å²) in [6.07, 6.45) is 6.38. The van der Waals surface area contributed by atoms with Gasteiger partial charge in [-0.15, -0.1) is 0 Å². The Morgan fingerprint density at radius 2 is 2.06 bits per heavy atom. The molecule has 1 aliphatic carbocycles. The zero-order valence-electron chi connectivity index (χ0n) is 19.1. The van der Waals surface area contributed by atoms with Gasteiger partial charge in [0.1, 0.15) is 16.9 Å². The first kappa shape index (κ1) is 23.0. The lowest BCUT2D eigenvalue weighted by Crippen LogP contribution is -2.33. The fraction of sp³-hybridized carbons (Fsp3) is 0.524.